The molecule has 0 N–H and O–H groups in total. The van der Waals surface area contributed by atoms with Crippen molar-refractivity contribution in [3.8, 4) is 5.75 Å². The molecule has 0 aliphatic heterocycles. The minimum atomic E-state index is -4.05. The van der Waals surface area contributed by atoms with Crippen molar-refractivity contribution in [2.24, 2.45) is 0 Å². The number of hydrogen-bond acceptors (Lipinski definition) is 5. The van der Waals surface area contributed by atoms with Crippen molar-refractivity contribution in [1.82, 2.24) is 0 Å². The quantitative estimate of drug-likeness (QED) is 0.570. The lowest BCUT2D eigenvalue weighted by atomic mass is 10.3. The van der Waals surface area contributed by atoms with Gasteiger partial charge in [-0.25, -0.2) is 12.7 Å². The van der Waals surface area contributed by atoms with Crippen molar-refractivity contribution in [2.45, 2.75) is 18.7 Å². The summed E-state index contributed by atoms with van der Waals surface area (Å²) in [6, 6.07) is 11.6. The Bertz CT molecular complexity index is 860. The van der Waals surface area contributed by atoms with Crippen LogP contribution < -0.4 is 9.04 Å². The summed E-state index contributed by atoms with van der Waals surface area (Å²) in [5, 5.41) is 0. The lowest BCUT2D eigenvalue weighted by Crippen LogP contribution is -2.35. The van der Waals surface area contributed by atoms with Crippen molar-refractivity contribution in [1.29, 1.82) is 0 Å². The molecule has 0 spiro atoms. The Morgan fingerprint density at radius 3 is 1.96 bits per heavy atom. The molecule has 0 unspecified atom stereocenters. The van der Waals surface area contributed by atoms with E-state index in [9.17, 15) is 18.0 Å². The summed E-state index contributed by atoms with van der Waals surface area (Å²) in [5.41, 5.74) is 0.154. The summed E-state index contributed by atoms with van der Waals surface area (Å²) >= 11 is 3.23. The maximum Gasteiger partial charge on any atom is 0.308 e. The summed E-state index contributed by atoms with van der Waals surface area (Å²) in [4.78, 5) is 22.9. The van der Waals surface area contributed by atoms with Crippen LogP contribution in [0.25, 0.3) is 0 Å². The van der Waals surface area contributed by atoms with Gasteiger partial charge in [-0.1, -0.05) is 15.9 Å². The third-order valence-corrected chi connectivity index (χ3v) is 5.32. The second-order valence-electron chi connectivity index (χ2n) is 4.83. The van der Waals surface area contributed by atoms with Gasteiger partial charge in [0.1, 0.15) is 5.75 Å². The first-order valence-corrected chi connectivity index (χ1v) is 9.05. The van der Waals surface area contributed by atoms with Gasteiger partial charge in [0, 0.05) is 18.3 Å². The highest BCUT2D eigenvalue weighted by atomic mass is 79.9. The maximum atomic E-state index is 12.8. The monoisotopic (exact) mass is 411 g/mol. The Hall–Kier alpha value is -2.19. The van der Waals surface area contributed by atoms with E-state index in [1.54, 1.807) is 12.1 Å². The van der Waals surface area contributed by atoms with Crippen LogP contribution >= 0.6 is 15.9 Å². The Balaban J connectivity index is 2.44. The highest BCUT2D eigenvalue weighted by Crippen LogP contribution is 2.27. The molecule has 0 fully saturated rings. The number of nitrogens with zero attached hydrogens (tertiary/aromatic N) is 1. The minimum absolute atomic E-state index is 0.00929. The zero-order valence-corrected chi connectivity index (χ0v) is 15.3. The molecule has 8 heteroatoms. The first-order valence-electron chi connectivity index (χ1n) is 6.82. The van der Waals surface area contributed by atoms with Gasteiger partial charge in [-0.05, 0) is 48.5 Å². The van der Waals surface area contributed by atoms with Crippen LogP contribution in [0.1, 0.15) is 13.8 Å². The van der Waals surface area contributed by atoms with E-state index in [0.29, 0.717) is 4.31 Å². The van der Waals surface area contributed by atoms with Gasteiger partial charge in [-0.15, -0.1) is 0 Å². The van der Waals surface area contributed by atoms with Crippen LogP contribution in [0.2, 0.25) is 0 Å². The van der Waals surface area contributed by atoms with Crippen LogP contribution in [0.5, 0.6) is 5.75 Å². The lowest BCUT2D eigenvalue weighted by Gasteiger charge is -2.21. The maximum absolute atomic E-state index is 12.8. The average molecular weight is 412 g/mol. The second kappa shape index (κ2) is 7.14. The van der Waals surface area contributed by atoms with Crippen molar-refractivity contribution in [3.05, 3.63) is 53.0 Å². The summed E-state index contributed by atoms with van der Waals surface area (Å²) in [7, 11) is -4.05. The van der Waals surface area contributed by atoms with E-state index in [4.69, 9.17) is 4.74 Å². The molecule has 0 heterocycles. The highest BCUT2D eigenvalue weighted by Gasteiger charge is 2.28. The summed E-state index contributed by atoms with van der Waals surface area (Å²) in [5.74, 6) is -0.886. The summed E-state index contributed by atoms with van der Waals surface area (Å²) < 4.78 is 31.8. The molecule has 1 amide bonds. The van der Waals surface area contributed by atoms with Gasteiger partial charge in [0.05, 0.1) is 10.6 Å². The number of sulfonamides is 1. The number of carbonyl (C=O) groups is 2. The van der Waals surface area contributed by atoms with Crippen LogP contribution in [0, 0.1) is 0 Å². The number of amides is 1. The molecular weight excluding hydrogens is 398 g/mol. The number of hydrogen-bond donors (Lipinski definition) is 0. The molecule has 6 nitrogen and oxygen atoms in total. The predicted molar refractivity (Wildman–Crippen MR) is 92.2 cm³/mol. The van der Waals surface area contributed by atoms with Crippen LogP contribution in [-0.2, 0) is 19.6 Å². The number of esters is 1. The molecule has 0 aliphatic rings. The molecule has 2 rings (SSSR count). The molecular formula is C16H14BrNO5S. The standard InChI is InChI=1S/C16H14BrNO5S/c1-11(19)18(14-5-7-15(8-6-14)23-12(2)20)24(21,22)16-9-3-13(17)4-10-16/h3-10H,1-2H3. The first kappa shape index (κ1) is 18.2. The zero-order chi connectivity index (χ0) is 17.9. The van der Waals surface area contributed by atoms with Crippen LogP contribution in [0.15, 0.2) is 57.9 Å². The largest absolute Gasteiger partial charge is 0.427 e. The molecule has 0 aromatic heterocycles. The number of anilines is 1. The topological polar surface area (TPSA) is 80.8 Å². The van der Waals surface area contributed by atoms with Gasteiger partial charge in [0.2, 0.25) is 5.91 Å². The van der Waals surface area contributed by atoms with Crippen LogP contribution in [0.4, 0.5) is 5.69 Å². The number of benzene rings is 2. The molecule has 0 saturated heterocycles. The van der Waals surface area contributed by atoms with E-state index in [1.165, 1.54) is 43.3 Å². The Morgan fingerprint density at radius 1 is 0.958 bits per heavy atom. The second-order valence-corrected chi connectivity index (χ2v) is 7.53. The molecule has 0 radical (unpaired) electrons. The van der Waals surface area contributed by atoms with Gasteiger partial charge in [-0.3, -0.25) is 9.59 Å². The number of ether oxygens (including phenoxy) is 1. The van der Waals surface area contributed by atoms with Gasteiger partial charge >= 0.3 is 5.97 Å². The van der Waals surface area contributed by atoms with Crippen molar-refractivity contribution >= 4 is 43.5 Å². The summed E-state index contributed by atoms with van der Waals surface area (Å²) in [6.07, 6.45) is 0. The Labute approximate surface area is 148 Å². The summed E-state index contributed by atoms with van der Waals surface area (Å²) in [6.45, 7) is 2.42. The lowest BCUT2D eigenvalue weighted by molar-refractivity contribution is -0.131. The molecule has 2 aromatic carbocycles. The minimum Gasteiger partial charge on any atom is -0.427 e. The SMILES string of the molecule is CC(=O)Oc1ccc(N(C(C)=O)S(=O)(=O)c2ccc(Br)cc2)cc1. The fraction of sp³-hybridized carbons (Fsp3) is 0.125. The van der Waals surface area contributed by atoms with Gasteiger partial charge in [0.25, 0.3) is 10.0 Å². The van der Waals surface area contributed by atoms with Crippen molar-refractivity contribution in [2.75, 3.05) is 4.31 Å². The van der Waals surface area contributed by atoms with E-state index in [2.05, 4.69) is 15.9 Å². The van der Waals surface area contributed by atoms with E-state index < -0.39 is 21.9 Å². The predicted octanol–water partition coefficient (Wildman–Crippen LogP) is 3.12. The third-order valence-electron chi connectivity index (χ3n) is 2.97. The van der Waals surface area contributed by atoms with Crippen molar-refractivity contribution < 1.29 is 22.7 Å². The molecule has 0 bridgehead atoms. The third kappa shape index (κ3) is 4.01. The molecule has 0 saturated carbocycles. The number of rotatable bonds is 4. The molecule has 126 valence electrons. The molecule has 0 aliphatic carbocycles. The van der Waals surface area contributed by atoms with E-state index in [-0.39, 0.29) is 16.3 Å². The highest BCUT2D eigenvalue weighted by molar-refractivity contribution is 9.10. The molecule has 2 aromatic rings. The fourth-order valence-electron chi connectivity index (χ4n) is 2.02. The Morgan fingerprint density at radius 2 is 1.50 bits per heavy atom. The van der Waals surface area contributed by atoms with Crippen molar-refractivity contribution in [3.63, 3.8) is 0 Å². The van der Waals surface area contributed by atoms with Gasteiger partial charge < -0.3 is 4.74 Å². The van der Waals surface area contributed by atoms with Gasteiger partial charge in [-0.2, -0.15) is 0 Å². The van der Waals surface area contributed by atoms with E-state index >= 15 is 0 Å². The van der Waals surface area contributed by atoms with E-state index in [1.807, 2.05) is 0 Å². The fourth-order valence-corrected chi connectivity index (χ4v) is 3.71. The van der Waals surface area contributed by atoms with Crippen LogP contribution in [-0.4, -0.2) is 20.3 Å². The van der Waals surface area contributed by atoms with E-state index in [0.717, 1.165) is 11.4 Å². The number of carbonyl (C=O) groups excluding carboxylic acids is 2. The van der Waals surface area contributed by atoms with Crippen LogP contribution in [0.3, 0.4) is 0 Å². The average Bonchev–Trinajstić information content (AvgIpc) is 2.48. The zero-order valence-electron chi connectivity index (χ0n) is 12.9. The molecule has 24 heavy (non-hydrogen) atoms. The first-order chi connectivity index (χ1) is 11.2. The normalized spacial score (nSPS) is 11.0. The smallest absolute Gasteiger partial charge is 0.308 e. The molecule has 0 atom stereocenters. The van der Waals surface area contributed by atoms with Gasteiger partial charge in [0.15, 0.2) is 0 Å². The Kier molecular flexibility index (Phi) is 5.40. The number of halogens is 1.